The lowest BCUT2D eigenvalue weighted by atomic mass is 10.0. The topological polar surface area (TPSA) is 20.3 Å². The number of carbonyl (C=O) groups is 1. The molecule has 1 atom stereocenters. The fourth-order valence-corrected chi connectivity index (χ4v) is 1.98. The third kappa shape index (κ3) is 5.19. The number of rotatable bonds is 3. The number of carbonyl (C=O) groups excluding carboxylic acids is 1. The van der Waals surface area contributed by atoms with Crippen molar-refractivity contribution in [2.24, 2.45) is 5.92 Å². The molecule has 0 spiro atoms. The molecule has 0 aromatic rings. The van der Waals surface area contributed by atoms with Crippen LogP contribution in [0.25, 0.3) is 0 Å². The van der Waals surface area contributed by atoms with Gasteiger partial charge in [-0.1, -0.05) is 34.1 Å². The van der Waals surface area contributed by atoms with Crippen molar-refractivity contribution in [3.05, 3.63) is 0 Å². The predicted molar refractivity (Wildman–Crippen MR) is 65.9 cm³/mol. The van der Waals surface area contributed by atoms with E-state index in [9.17, 15) is 4.79 Å². The molecule has 90 valence electrons. The first-order valence-electron chi connectivity index (χ1n) is 6.54. The molecule has 1 rings (SSSR count). The molecule has 0 bridgehead atoms. The lowest BCUT2D eigenvalue weighted by Crippen LogP contribution is -2.38. The summed E-state index contributed by atoms with van der Waals surface area (Å²) in [4.78, 5) is 13.9. The van der Waals surface area contributed by atoms with Gasteiger partial charge in [-0.2, -0.15) is 0 Å². The molecule has 0 aliphatic carbocycles. The van der Waals surface area contributed by atoms with Gasteiger partial charge in [-0.3, -0.25) is 4.79 Å². The summed E-state index contributed by atoms with van der Waals surface area (Å²) >= 11 is 0. The zero-order valence-electron chi connectivity index (χ0n) is 10.9. The Balaban J connectivity index is 0.000000921. The molecule has 1 aliphatic heterocycles. The van der Waals surface area contributed by atoms with E-state index < -0.39 is 0 Å². The zero-order chi connectivity index (χ0) is 11.7. The Morgan fingerprint density at radius 1 is 1.20 bits per heavy atom. The summed E-state index contributed by atoms with van der Waals surface area (Å²) in [6.45, 7) is 10.2. The first-order valence-corrected chi connectivity index (χ1v) is 6.54. The van der Waals surface area contributed by atoms with Crippen molar-refractivity contribution in [1.82, 2.24) is 4.90 Å². The van der Waals surface area contributed by atoms with Crippen LogP contribution in [0.4, 0.5) is 0 Å². The zero-order valence-corrected chi connectivity index (χ0v) is 10.9. The summed E-state index contributed by atoms with van der Waals surface area (Å²) in [7, 11) is 0. The highest BCUT2D eigenvalue weighted by Gasteiger charge is 2.20. The Morgan fingerprint density at radius 2 is 1.73 bits per heavy atom. The van der Waals surface area contributed by atoms with Crippen molar-refractivity contribution in [3.63, 3.8) is 0 Å². The summed E-state index contributed by atoms with van der Waals surface area (Å²) in [6.07, 6.45) is 5.84. The van der Waals surface area contributed by atoms with Crippen LogP contribution in [0.15, 0.2) is 0 Å². The van der Waals surface area contributed by atoms with Gasteiger partial charge in [-0.15, -0.1) is 0 Å². The predicted octanol–water partition coefficient (Wildman–Crippen LogP) is 3.46. The quantitative estimate of drug-likeness (QED) is 0.703. The summed E-state index contributed by atoms with van der Waals surface area (Å²) in [6, 6.07) is 0. The van der Waals surface area contributed by atoms with Crippen LogP contribution in [0.3, 0.4) is 0 Å². The molecule has 1 unspecified atom stereocenters. The molecule has 1 fully saturated rings. The molecule has 0 aromatic heterocycles. The van der Waals surface area contributed by atoms with E-state index in [1.165, 1.54) is 19.3 Å². The molecule has 1 saturated heterocycles. The number of nitrogens with zero attached hydrogens (tertiary/aromatic N) is 1. The van der Waals surface area contributed by atoms with Gasteiger partial charge in [0.25, 0.3) is 0 Å². The molecule has 0 N–H and O–H groups in total. The maximum atomic E-state index is 11.8. The third-order valence-electron chi connectivity index (χ3n) is 2.81. The minimum atomic E-state index is 0.239. The second-order valence-corrected chi connectivity index (χ2v) is 4.08. The molecule has 1 amide bonds. The summed E-state index contributed by atoms with van der Waals surface area (Å²) < 4.78 is 0. The Hall–Kier alpha value is -0.530. The van der Waals surface area contributed by atoms with Crippen LogP contribution in [0.1, 0.15) is 59.8 Å². The van der Waals surface area contributed by atoms with Gasteiger partial charge < -0.3 is 4.90 Å². The lowest BCUT2D eigenvalue weighted by Gasteiger charge is -2.29. The second-order valence-electron chi connectivity index (χ2n) is 4.08. The van der Waals surface area contributed by atoms with Crippen molar-refractivity contribution in [2.45, 2.75) is 59.8 Å². The molecule has 0 saturated carbocycles. The summed E-state index contributed by atoms with van der Waals surface area (Å²) in [5, 5.41) is 0. The number of likely N-dealkylation sites (tertiary alicyclic amines) is 1. The van der Waals surface area contributed by atoms with Gasteiger partial charge in [0.05, 0.1) is 0 Å². The monoisotopic (exact) mass is 213 g/mol. The first-order chi connectivity index (χ1) is 7.25. The molecule has 0 aromatic carbocycles. The molecule has 0 radical (unpaired) electrons. The van der Waals surface area contributed by atoms with Crippen molar-refractivity contribution in [3.8, 4) is 0 Å². The Kier molecular flexibility index (Phi) is 8.44. The van der Waals surface area contributed by atoms with E-state index >= 15 is 0 Å². The van der Waals surface area contributed by atoms with Gasteiger partial charge in [-0.25, -0.2) is 0 Å². The van der Waals surface area contributed by atoms with E-state index in [0.29, 0.717) is 5.91 Å². The van der Waals surface area contributed by atoms with Crippen LogP contribution < -0.4 is 0 Å². The Labute approximate surface area is 95.0 Å². The van der Waals surface area contributed by atoms with Gasteiger partial charge in [0.15, 0.2) is 0 Å². The van der Waals surface area contributed by atoms with Crippen molar-refractivity contribution in [2.75, 3.05) is 13.1 Å². The highest BCUT2D eigenvalue weighted by molar-refractivity contribution is 5.78. The number of piperidine rings is 1. The molecule has 2 heteroatoms. The highest BCUT2D eigenvalue weighted by Crippen LogP contribution is 2.14. The van der Waals surface area contributed by atoms with Crippen LogP contribution in [-0.2, 0) is 4.79 Å². The van der Waals surface area contributed by atoms with Gasteiger partial charge in [0.2, 0.25) is 5.91 Å². The van der Waals surface area contributed by atoms with Crippen LogP contribution in [-0.4, -0.2) is 23.9 Å². The van der Waals surface area contributed by atoms with E-state index in [4.69, 9.17) is 0 Å². The minimum Gasteiger partial charge on any atom is -0.342 e. The number of hydrogen-bond acceptors (Lipinski definition) is 1. The number of hydrogen-bond donors (Lipinski definition) is 0. The fourth-order valence-electron chi connectivity index (χ4n) is 1.98. The van der Waals surface area contributed by atoms with Crippen molar-refractivity contribution in [1.29, 1.82) is 0 Å². The van der Waals surface area contributed by atoms with Crippen molar-refractivity contribution >= 4 is 5.91 Å². The normalized spacial score (nSPS) is 17.7. The van der Waals surface area contributed by atoms with E-state index in [0.717, 1.165) is 25.9 Å². The van der Waals surface area contributed by atoms with E-state index in [-0.39, 0.29) is 5.92 Å². The van der Waals surface area contributed by atoms with Gasteiger partial charge in [0, 0.05) is 19.0 Å². The molecular formula is C13H27NO. The van der Waals surface area contributed by atoms with Gasteiger partial charge in [0.1, 0.15) is 0 Å². The second kappa shape index (κ2) is 8.75. The highest BCUT2D eigenvalue weighted by atomic mass is 16.2. The molecule has 2 nitrogen and oxygen atoms in total. The fraction of sp³-hybridized carbons (Fsp3) is 0.923. The van der Waals surface area contributed by atoms with E-state index in [1.807, 2.05) is 18.7 Å². The van der Waals surface area contributed by atoms with Crippen LogP contribution in [0.5, 0.6) is 0 Å². The number of amides is 1. The third-order valence-corrected chi connectivity index (χ3v) is 2.81. The Bertz CT molecular complexity index is 162. The van der Waals surface area contributed by atoms with Crippen LogP contribution >= 0.6 is 0 Å². The SMILES string of the molecule is CC.CCCC(C)C(=O)N1CCCCC1. The lowest BCUT2D eigenvalue weighted by molar-refractivity contribution is -0.136. The minimum absolute atomic E-state index is 0.239. The molecule has 1 heterocycles. The standard InChI is InChI=1S/C11H21NO.C2H6/c1-3-7-10(2)11(13)12-8-5-4-6-9-12;1-2/h10H,3-9H2,1-2H3;1-2H3. The van der Waals surface area contributed by atoms with Crippen LogP contribution in [0, 0.1) is 5.92 Å². The molecular weight excluding hydrogens is 186 g/mol. The maximum Gasteiger partial charge on any atom is 0.225 e. The van der Waals surface area contributed by atoms with E-state index in [1.54, 1.807) is 0 Å². The molecule has 1 aliphatic rings. The first kappa shape index (κ1) is 14.5. The summed E-state index contributed by atoms with van der Waals surface area (Å²) in [5.41, 5.74) is 0. The van der Waals surface area contributed by atoms with Gasteiger partial charge >= 0.3 is 0 Å². The smallest absolute Gasteiger partial charge is 0.225 e. The molecule has 15 heavy (non-hydrogen) atoms. The summed E-state index contributed by atoms with van der Waals surface area (Å²) in [5.74, 6) is 0.615. The average molecular weight is 213 g/mol. The van der Waals surface area contributed by atoms with Gasteiger partial charge in [-0.05, 0) is 25.7 Å². The van der Waals surface area contributed by atoms with Crippen molar-refractivity contribution < 1.29 is 4.79 Å². The van der Waals surface area contributed by atoms with E-state index in [2.05, 4.69) is 13.8 Å². The van der Waals surface area contributed by atoms with Crippen LogP contribution in [0.2, 0.25) is 0 Å². The largest absolute Gasteiger partial charge is 0.342 e. The maximum absolute atomic E-state index is 11.8. The average Bonchev–Trinajstić information content (AvgIpc) is 2.32. The Morgan fingerprint density at radius 3 is 2.20 bits per heavy atom.